The van der Waals surface area contributed by atoms with E-state index in [1.807, 2.05) is 30.5 Å². The molecule has 134 valence electrons. The average molecular weight is 335 g/mol. The van der Waals surface area contributed by atoms with Crippen LogP contribution in [0.3, 0.4) is 0 Å². The number of hydrogen-bond acceptors (Lipinski definition) is 4. The summed E-state index contributed by atoms with van der Waals surface area (Å²) >= 11 is 0. The topological polar surface area (TPSA) is 72.3 Å². The third-order valence-electron chi connectivity index (χ3n) is 5.91. The number of aromatic nitrogens is 3. The Bertz CT molecular complexity index is 581. The quantitative estimate of drug-likeness (QED) is 0.896. The van der Waals surface area contributed by atoms with Gasteiger partial charge in [-0.25, -0.2) is 4.79 Å². The molecular formula is C17H29N5O2. The van der Waals surface area contributed by atoms with Gasteiger partial charge in [0.1, 0.15) is 6.33 Å². The monoisotopic (exact) mass is 335 g/mol. The third kappa shape index (κ3) is 2.79. The van der Waals surface area contributed by atoms with E-state index in [0.717, 1.165) is 18.9 Å². The fourth-order valence-corrected chi connectivity index (χ4v) is 4.57. The number of rotatable bonds is 5. The van der Waals surface area contributed by atoms with Crippen molar-refractivity contribution in [1.82, 2.24) is 25.0 Å². The second-order valence-electron chi connectivity index (χ2n) is 7.22. The average Bonchev–Trinajstić information content (AvgIpc) is 3.20. The van der Waals surface area contributed by atoms with Crippen molar-refractivity contribution in [3.63, 3.8) is 0 Å². The van der Waals surface area contributed by atoms with Gasteiger partial charge in [0.15, 0.2) is 5.82 Å². The molecule has 2 aliphatic rings. The van der Waals surface area contributed by atoms with E-state index in [2.05, 4.69) is 22.4 Å². The zero-order valence-corrected chi connectivity index (χ0v) is 15.2. The van der Waals surface area contributed by atoms with Gasteiger partial charge in [0.2, 0.25) is 0 Å². The van der Waals surface area contributed by atoms with Crippen LogP contribution in [0.4, 0.5) is 4.79 Å². The van der Waals surface area contributed by atoms with Crippen molar-refractivity contribution in [3.8, 4) is 0 Å². The predicted octanol–water partition coefficient (Wildman–Crippen LogP) is 2.26. The van der Waals surface area contributed by atoms with E-state index >= 15 is 0 Å². The van der Waals surface area contributed by atoms with Crippen LogP contribution in [0.25, 0.3) is 0 Å². The number of ether oxygens (including phenoxy) is 1. The maximum atomic E-state index is 12.7. The first-order valence-electron chi connectivity index (χ1n) is 8.98. The maximum Gasteiger partial charge on any atom is 0.317 e. The summed E-state index contributed by atoms with van der Waals surface area (Å²) in [5.74, 6) is 0.758. The van der Waals surface area contributed by atoms with Crippen LogP contribution in [0.1, 0.15) is 57.8 Å². The van der Waals surface area contributed by atoms with Crippen LogP contribution in [0.2, 0.25) is 0 Å². The Hall–Kier alpha value is -1.63. The highest BCUT2D eigenvalue weighted by Gasteiger charge is 2.58. The first-order valence-corrected chi connectivity index (χ1v) is 8.98. The molecule has 0 radical (unpaired) electrons. The van der Waals surface area contributed by atoms with Crippen LogP contribution in [0.5, 0.6) is 0 Å². The van der Waals surface area contributed by atoms with Gasteiger partial charge in [-0.05, 0) is 33.1 Å². The lowest BCUT2D eigenvalue weighted by Gasteiger charge is -2.56. The molecule has 0 unspecified atom stereocenters. The van der Waals surface area contributed by atoms with Crippen LogP contribution in [-0.4, -0.2) is 51.5 Å². The molecule has 7 heteroatoms. The van der Waals surface area contributed by atoms with E-state index in [9.17, 15) is 4.79 Å². The number of nitrogens with zero attached hydrogens (tertiary/aromatic N) is 4. The minimum atomic E-state index is -0.172. The highest BCUT2D eigenvalue weighted by atomic mass is 16.5. The molecule has 7 nitrogen and oxygen atoms in total. The predicted molar refractivity (Wildman–Crippen MR) is 90.4 cm³/mol. The standard InChI is InChI=1S/C17H29N5O2/c1-5-24-14-10-13(17(14)8-6-7-9-17)22(4)16(23)19-12(2)15-20-18-11-21(15)3/h11-14H,5-10H2,1-4H3,(H,19,23)/t12-,13+,14-/m1/s1. The van der Waals surface area contributed by atoms with Crippen LogP contribution >= 0.6 is 0 Å². The maximum absolute atomic E-state index is 12.7. The van der Waals surface area contributed by atoms with Crippen molar-refractivity contribution in [3.05, 3.63) is 12.2 Å². The molecule has 1 N–H and O–H groups in total. The first-order chi connectivity index (χ1) is 11.5. The molecule has 0 saturated heterocycles. The number of hydrogen-bond donors (Lipinski definition) is 1. The molecule has 3 atom stereocenters. The molecule has 1 spiro atoms. The number of carbonyl (C=O) groups is 1. The SMILES string of the molecule is CCO[C@@H]1C[C@H](N(C)C(=O)N[C@H](C)c2nncn2C)C12CCCC2. The largest absolute Gasteiger partial charge is 0.378 e. The fourth-order valence-electron chi connectivity index (χ4n) is 4.57. The molecular weight excluding hydrogens is 306 g/mol. The van der Waals surface area contributed by atoms with Crippen LogP contribution in [0.15, 0.2) is 6.33 Å². The van der Waals surface area contributed by atoms with Crippen molar-refractivity contribution in [2.45, 2.75) is 64.1 Å². The summed E-state index contributed by atoms with van der Waals surface area (Å²) in [4.78, 5) is 14.6. The zero-order valence-electron chi connectivity index (χ0n) is 15.2. The minimum absolute atomic E-state index is 0.0447. The molecule has 0 bridgehead atoms. The van der Waals surface area contributed by atoms with Crippen molar-refractivity contribution < 1.29 is 9.53 Å². The molecule has 1 aromatic rings. The summed E-state index contributed by atoms with van der Waals surface area (Å²) in [6, 6.07) is 0.0507. The molecule has 24 heavy (non-hydrogen) atoms. The number of carbonyl (C=O) groups excluding carboxylic acids is 1. The minimum Gasteiger partial charge on any atom is -0.378 e. The molecule has 2 fully saturated rings. The summed E-state index contributed by atoms with van der Waals surface area (Å²) in [5.41, 5.74) is 0.163. The van der Waals surface area contributed by atoms with Gasteiger partial charge in [-0.2, -0.15) is 0 Å². The van der Waals surface area contributed by atoms with Gasteiger partial charge in [0.05, 0.1) is 12.1 Å². The van der Waals surface area contributed by atoms with E-state index < -0.39 is 0 Å². The zero-order chi connectivity index (χ0) is 17.3. The van der Waals surface area contributed by atoms with Crippen molar-refractivity contribution in [2.75, 3.05) is 13.7 Å². The number of nitrogens with one attached hydrogen (secondary N) is 1. The summed E-state index contributed by atoms with van der Waals surface area (Å²) in [5, 5.41) is 11.0. The highest BCUT2D eigenvalue weighted by molar-refractivity contribution is 5.75. The van der Waals surface area contributed by atoms with Gasteiger partial charge in [-0.3, -0.25) is 0 Å². The summed E-state index contributed by atoms with van der Waals surface area (Å²) in [6.45, 7) is 4.73. The fraction of sp³-hybridized carbons (Fsp3) is 0.824. The first kappa shape index (κ1) is 17.2. The molecule has 0 aliphatic heterocycles. The Morgan fingerprint density at radius 2 is 2.25 bits per heavy atom. The molecule has 2 amide bonds. The van der Waals surface area contributed by atoms with E-state index in [4.69, 9.17) is 4.74 Å². The molecule has 3 rings (SSSR count). The van der Waals surface area contributed by atoms with Crippen molar-refractivity contribution in [2.24, 2.45) is 12.5 Å². The van der Waals surface area contributed by atoms with Crippen molar-refractivity contribution in [1.29, 1.82) is 0 Å². The lowest BCUT2D eigenvalue weighted by Crippen LogP contribution is -2.65. The Morgan fingerprint density at radius 3 is 2.83 bits per heavy atom. The van der Waals surface area contributed by atoms with Crippen LogP contribution < -0.4 is 5.32 Å². The molecule has 0 aromatic carbocycles. The van der Waals surface area contributed by atoms with Crippen LogP contribution in [-0.2, 0) is 11.8 Å². The number of urea groups is 1. The number of aryl methyl sites for hydroxylation is 1. The summed E-state index contributed by atoms with van der Waals surface area (Å²) < 4.78 is 7.78. The molecule has 1 aromatic heterocycles. The van der Waals surface area contributed by atoms with Gasteiger partial charge in [0.25, 0.3) is 0 Å². The summed E-state index contributed by atoms with van der Waals surface area (Å²) in [7, 11) is 3.79. The highest BCUT2D eigenvalue weighted by Crippen LogP contribution is 2.56. The Morgan fingerprint density at radius 1 is 1.54 bits per heavy atom. The molecule has 2 saturated carbocycles. The van der Waals surface area contributed by atoms with Crippen LogP contribution in [0, 0.1) is 5.41 Å². The Labute approximate surface area is 143 Å². The van der Waals surface area contributed by atoms with Gasteiger partial charge in [-0.1, -0.05) is 12.8 Å². The van der Waals surface area contributed by atoms with E-state index in [-0.39, 0.29) is 23.5 Å². The van der Waals surface area contributed by atoms with E-state index in [1.54, 1.807) is 6.33 Å². The second kappa shape index (κ2) is 6.70. The normalized spacial score (nSPS) is 26.2. The van der Waals surface area contributed by atoms with Gasteiger partial charge >= 0.3 is 6.03 Å². The van der Waals surface area contributed by atoms with E-state index in [1.165, 1.54) is 25.7 Å². The molecule has 1 heterocycles. The van der Waals surface area contributed by atoms with Gasteiger partial charge < -0.3 is 19.5 Å². The summed E-state index contributed by atoms with van der Waals surface area (Å²) in [6.07, 6.45) is 7.71. The second-order valence-corrected chi connectivity index (χ2v) is 7.22. The van der Waals surface area contributed by atoms with E-state index in [0.29, 0.717) is 6.10 Å². The van der Waals surface area contributed by atoms with Gasteiger partial charge in [-0.15, -0.1) is 10.2 Å². The lowest BCUT2D eigenvalue weighted by atomic mass is 9.60. The lowest BCUT2D eigenvalue weighted by molar-refractivity contribution is -0.151. The van der Waals surface area contributed by atoms with Gasteiger partial charge in [0, 0.05) is 32.2 Å². The molecule has 2 aliphatic carbocycles. The smallest absolute Gasteiger partial charge is 0.317 e. The third-order valence-corrected chi connectivity index (χ3v) is 5.91. The number of amides is 2. The Balaban J connectivity index is 1.64. The van der Waals surface area contributed by atoms with Crippen molar-refractivity contribution >= 4 is 6.03 Å². The Kier molecular flexibility index (Phi) is 4.80.